The minimum atomic E-state index is -0.271. The van der Waals surface area contributed by atoms with Crippen molar-refractivity contribution in [2.45, 2.75) is 19.9 Å². The van der Waals surface area contributed by atoms with Gasteiger partial charge in [-0.3, -0.25) is 10.1 Å². The summed E-state index contributed by atoms with van der Waals surface area (Å²) in [5.41, 5.74) is 3.01. The van der Waals surface area contributed by atoms with Crippen LogP contribution in [0.3, 0.4) is 0 Å². The maximum Gasteiger partial charge on any atom is 0.259 e. The number of carbonyl (C=O) groups excluding carboxylic acids is 1. The fourth-order valence-electron chi connectivity index (χ4n) is 2.03. The molecular weight excluding hydrogens is 352 g/mol. The summed E-state index contributed by atoms with van der Waals surface area (Å²) in [5.74, 6) is 1.02. The first-order valence-corrected chi connectivity index (χ1v) is 8.97. The zero-order valence-corrected chi connectivity index (χ0v) is 15.0. The second-order valence-corrected chi connectivity index (χ2v) is 6.17. The summed E-state index contributed by atoms with van der Waals surface area (Å²) in [6.07, 6.45) is 4.23. The molecule has 3 rings (SSSR count). The maximum atomic E-state index is 12.1. The average Bonchev–Trinajstić information content (AvgIpc) is 3.19. The molecule has 3 aromatic heterocycles. The molecule has 0 aliphatic carbocycles. The van der Waals surface area contributed by atoms with E-state index in [1.807, 2.05) is 12.1 Å². The zero-order valence-electron chi connectivity index (χ0n) is 14.2. The summed E-state index contributed by atoms with van der Waals surface area (Å²) in [6, 6.07) is 7.25. The minimum absolute atomic E-state index is 0.271. The van der Waals surface area contributed by atoms with E-state index in [4.69, 9.17) is 4.74 Å². The van der Waals surface area contributed by atoms with Crippen LogP contribution in [0.15, 0.2) is 42.2 Å². The molecule has 0 bridgehead atoms. The Morgan fingerprint density at radius 2 is 2.12 bits per heavy atom. The van der Waals surface area contributed by atoms with Gasteiger partial charge < -0.3 is 10.1 Å². The predicted octanol–water partition coefficient (Wildman–Crippen LogP) is 2.98. The molecule has 0 aromatic carbocycles. The summed E-state index contributed by atoms with van der Waals surface area (Å²) < 4.78 is 5.46. The molecule has 0 fully saturated rings. The zero-order chi connectivity index (χ0) is 18.2. The van der Waals surface area contributed by atoms with Crippen LogP contribution in [-0.4, -0.2) is 32.7 Å². The van der Waals surface area contributed by atoms with Gasteiger partial charge in [-0.25, -0.2) is 9.97 Å². The van der Waals surface area contributed by atoms with Crippen LogP contribution in [0, 0.1) is 0 Å². The molecule has 0 aliphatic heterocycles. The first kappa shape index (κ1) is 17.7. The number of nitrogens with one attached hydrogen (secondary N) is 2. The third kappa shape index (κ3) is 4.96. The molecule has 3 heterocycles. The molecule has 0 aliphatic rings. The van der Waals surface area contributed by atoms with Crippen molar-refractivity contribution in [2.75, 3.05) is 17.2 Å². The largest absolute Gasteiger partial charge is 0.478 e. The van der Waals surface area contributed by atoms with Gasteiger partial charge in [0.25, 0.3) is 5.91 Å². The van der Waals surface area contributed by atoms with Gasteiger partial charge in [0.2, 0.25) is 11.0 Å². The Labute approximate surface area is 154 Å². The number of aromatic nitrogens is 4. The standard InChI is InChI=1S/C17H18N6O2S/c1-2-7-25-15-6-3-12(9-20-15)8-18-14-5-4-13(10-19-14)16(24)22-17-23-21-11-26-17/h3-6,9-11H,2,7-8H2,1H3,(H,18,19)(H,22,23,24). The highest BCUT2D eigenvalue weighted by Crippen LogP contribution is 2.13. The van der Waals surface area contributed by atoms with Crippen molar-refractivity contribution in [2.24, 2.45) is 0 Å². The number of hydrogen-bond acceptors (Lipinski definition) is 8. The second kappa shape index (κ2) is 8.86. The van der Waals surface area contributed by atoms with Gasteiger partial charge in [-0.2, -0.15) is 0 Å². The topological polar surface area (TPSA) is 102 Å². The van der Waals surface area contributed by atoms with Gasteiger partial charge in [-0.15, -0.1) is 10.2 Å². The molecule has 9 heteroatoms. The molecule has 2 N–H and O–H groups in total. The fraction of sp³-hybridized carbons (Fsp3) is 0.235. The Morgan fingerprint density at radius 3 is 2.77 bits per heavy atom. The van der Waals surface area contributed by atoms with Gasteiger partial charge in [0.1, 0.15) is 11.3 Å². The van der Waals surface area contributed by atoms with E-state index < -0.39 is 0 Å². The number of pyridine rings is 2. The van der Waals surface area contributed by atoms with Crippen LogP contribution in [0.4, 0.5) is 10.9 Å². The Morgan fingerprint density at radius 1 is 1.19 bits per heavy atom. The number of carbonyl (C=O) groups is 1. The lowest BCUT2D eigenvalue weighted by Crippen LogP contribution is -2.12. The molecule has 0 unspecified atom stereocenters. The summed E-state index contributed by atoms with van der Waals surface area (Å²) in [4.78, 5) is 20.6. The second-order valence-electron chi connectivity index (χ2n) is 5.34. The first-order chi connectivity index (χ1) is 12.7. The van der Waals surface area contributed by atoms with Crippen molar-refractivity contribution in [1.29, 1.82) is 0 Å². The van der Waals surface area contributed by atoms with Gasteiger partial charge in [-0.05, 0) is 24.1 Å². The first-order valence-electron chi connectivity index (χ1n) is 8.10. The molecule has 134 valence electrons. The number of rotatable bonds is 8. The van der Waals surface area contributed by atoms with Crippen LogP contribution in [0.2, 0.25) is 0 Å². The van der Waals surface area contributed by atoms with Crippen molar-refractivity contribution < 1.29 is 9.53 Å². The van der Waals surface area contributed by atoms with E-state index in [2.05, 4.69) is 37.7 Å². The molecule has 0 saturated carbocycles. The van der Waals surface area contributed by atoms with Crippen LogP contribution >= 0.6 is 11.3 Å². The Bertz CT molecular complexity index is 821. The van der Waals surface area contributed by atoms with E-state index in [0.717, 1.165) is 12.0 Å². The number of hydrogen-bond donors (Lipinski definition) is 2. The van der Waals surface area contributed by atoms with Gasteiger partial charge in [0, 0.05) is 25.0 Å². The van der Waals surface area contributed by atoms with Gasteiger partial charge in [-0.1, -0.05) is 24.3 Å². The van der Waals surface area contributed by atoms with Crippen LogP contribution in [-0.2, 0) is 6.54 Å². The van der Waals surface area contributed by atoms with Crippen molar-refractivity contribution >= 4 is 28.2 Å². The molecular formula is C17H18N6O2S. The highest BCUT2D eigenvalue weighted by Gasteiger charge is 2.08. The van der Waals surface area contributed by atoms with Gasteiger partial charge in [0.15, 0.2) is 0 Å². The normalized spacial score (nSPS) is 10.3. The average molecular weight is 370 g/mol. The number of ether oxygens (including phenoxy) is 1. The molecule has 0 radical (unpaired) electrons. The van der Waals surface area contributed by atoms with Gasteiger partial charge >= 0.3 is 0 Å². The summed E-state index contributed by atoms with van der Waals surface area (Å²) in [5, 5.41) is 13.8. The van der Waals surface area contributed by atoms with Crippen molar-refractivity contribution in [3.63, 3.8) is 0 Å². The third-order valence-corrected chi connectivity index (χ3v) is 3.94. The number of nitrogens with zero attached hydrogens (tertiary/aromatic N) is 4. The summed E-state index contributed by atoms with van der Waals surface area (Å²) in [7, 11) is 0. The predicted molar refractivity (Wildman–Crippen MR) is 99.4 cm³/mol. The Hall–Kier alpha value is -3.07. The maximum absolute atomic E-state index is 12.1. The molecule has 1 amide bonds. The van der Waals surface area contributed by atoms with E-state index in [-0.39, 0.29) is 5.91 Å². The number of amides is 1. The SMILES string of the molecule is CCCOc1ccc(CNc2ccc(C(=O)Nc3nncs3)cn2)cn1. The lowest BCUT2D eigenvalue weighted by atomic mass is 10.2. The van der Waals surface area contributed by atoms with Crippen LogP contribution < -0.4 is 15.4 Å². The van der Waals surface area contributed by atoms with Crippen LogP contribution in [0.5, 0.6) is 5.88 Å². The van der Waals surface area contributed by atoms with E-state index in [1.165, 1.54) is 17.5 Å². The van der Waals surface area contributed by atoms with Gasteiger partial charge in [0.05, 0.1) is 12.2 Å². The fourth-order valence-corrected chi connectivity index (χ4v) is 2.47. The van der Waals surface area contributed by atoms with E-state index >= 15 is 0 Å². The van der Waals surface area contributed by atoms with Crippen LogP contribution in [0.25, 0.3) is 0 Å². The minimum Gasteiger partial charge on any atom is -0.478 e. The molecule has 0 spiro atoms. The van der Waals surface area contributed by atoms with Crippen molar-refractivity contribution in [1.82, 2.24) is 20.2 Å². The molecule has 26 heavy (non-hydrogen) atoms. The highest BCUT2D eigenvalue weighted by atomic mass is 32.1. The van der Waals surface area contributed by atoms with E-state index in [9.17, 15) is 4.79 Å². The molecule has 8 nitrogen and oxygen atoms in total. The summed E-state index contributed by atoms with van der Waals surface area (Å²) >= 11 is 1.26. The monoisotopic (exact) mass is 370 g/mol. The summed E-state index contributed by atoms with van der Waals surface area (Å²) in [6.45, 7) is 3.29. The van der Waals surface area contributed by atoms with E-state index in [1.54, 1.807) is 23.8 Å². The smallest absolute Gasteiger partial charge is 0.259 e. The van der Waals surface area contributed by atoms with Crippen molar-refractivity contribution in [3.8, 4) is 5.88 Å². The Balaban J connectivity index is 1.51. The van der Waals surface area contributed by atoms with Crippen molar-refractivity contribution in [3.05, 3.63) is 53.3 Å². The van der Waals surface area contributed by atoms with E-state index in [0.29, 0.717) is 35.5 Å². The quantitative estimate of drug-likeness (QED) is 0.628. The van der Waals surface area contributed by atoms with Crippen LogP contribution in [0.1, 0.15) is 29.3 Å². The molecule has 3 aromatic rings. The highest BCUT2D eigenvalue weighted by molar-refractivity contribution is 7.13. The Kier molecular flexibility index (Phi) is 6.05. The molecule has 0 saturated heterocycles. The third-order valence-electron chi connectivity index (χ3n) is 3.33. The lowest BCUT2D eigenvalue weighted by molar-refractivity contribution is 0.102. The molecule has 0 atom stereocenters. The lowest BCUT2D eigenvalue weighted by Gasteiger charge is -2.08. The number of anilines is 2.